The number of hydrogen-bond donors (Lipinski definition) is 0. The summed E-state index contributed by atoms with van der Waals surface area (Å²) < 4.78 is 0. The summed E-state index contributed by atoms with van der Waals surface area (Å²) in [6.45, 7) is 3.79. The minimum atomic E-state index is 0.107. The summed E-state index contributed by atoms with van der Waals surface area (Å²) >= 11 is 0. The van der Waals surface area contributed by atoms with E-state index in [1.165, 1.54) is 5.39 Å². The monoisotopic (exact) mass is 194 g/mol. The van der Waals surface area contributed by atoms with Crippen molar-refractivity contribution in [3.05, 3.63) is 59.7 Å². The Morgan fingerprint density at radius 1 is 1.07 bits per heavy atom. The lowest BCUT2D eigenvalue weighted by molar-refractivity contribution is 0.104. The summed E-state index contributed by atoms with van der Waals surface area (Å²) in [5.74, 6) is 0.107. The van der Waals surface area contributed by atoms with Crippen molar-refractivity contribution in [3.8, 4) is 0 Å². The fraction of sp³-hybridized carbons (Fsp3) is 0.0714. The zero-order valence-electron chi connectivity index (χ0n) is 8.29. The van der Waals surface area contributed by atoms with E-state index in [4.69, 9.17) is 0 Å². The number of rotatable bonds is 0. The predicted molar refractivity (Wildman–Crippen MR) is 61.1 cm³/mol. The molecule has 0 bridgehead atoms. The SMILES string of the molecule is C=C1Cc2cc3ccccc3cc2C1=O. The molecular weight excluding hydrogens is 184 g/mol. The van der Waals surface area contributed by atoms with E-state index in [0.29, 0.717) is 12.0 Å². The van der Waals surface area contributed by atoms with E-state index < -0.39 is 0 Å². The summed E-state index contributed by atoms with van der Waals surface area (Å²) in [5, 5.41) is 2.32. The maximum atomic E-state index is 11.7. The summed E-state index contributed by atoms with van der Waals surface area (Å²) in [4.78, 5) is 11.7. The molecule has 0 heterocycles. The van der Waals surface area contributed by atoms with E-state index in [0.717, 1.165) is 16.5 Å². The number of carbonyl (C=O) groups excluding carboxylic acids is 1. The van der Waals surface area contributed by atoms with Gasteiger partial charge in [0.2, 0.25) is 0 Å². The van der Waals surface area contributed by atoms with Gasteiger partial charge < -0.3 is 0 Å². The molecule has 0 N–H and O–H groups in total. The number of Topliss-reactive ketones (excluding diaryl/α,β-unsaturated/α-hetero) is 1. The van der Waals surface area contributed by atoms with E-state index >= 15 is 0 Å². The predicted octanol–water partition coefficient (Wildman–Crippen LogP) is 3.13. The van der Waals surface area contributed by atoms with E-state index in [2.05, 4.69) is 18.7 Å². The summed E-state index contributed by atoms with van der Waals surface area (Å²) in [6.07, 6.45) is 0.707. The molecular formula is C14H10O. The Morgan fingerprint density at radius 3 is 2.47 bits per heavy atom. The topological polar surface area (TPSA) is 17.1 Å². The third-order valence-corrected chi connectivity index (χ3v) is 2.94. The first kappa shape index (κ1) is 8.42. The van der Waals surface area contributed by atoms with Crippen molar-refractivity contribution in [3.63, 3.8) is 0 Å². The van der Waals surface area contributed by atoms with Crippen LogP contribution in [0.3, 0.4) is 0 Å². The first-order valence-corrected chi connectivity index (χ1v) is 5.00. The van der Waals surface area contributed by atoms with E-state index in [-0.39, 0.29) is 5.78 Å². The maximum Gasteiger partial charge on any atom is 0.189 e. The van der Waals surface area contributed by atoms with Gasteiger partial charge in [-0.3, -0.25) is 4.79 Å². The molecule has 3 rings (SSSR count). The Balaban J connectivity index is 2.36. The van der Waals surface area contributed by atoms with Gasteiger partial charge in [0.15, 0.2) is 5.78 Å². The second-order valence-electron chi connectivity index (χ2n) is 3.97. The van der Waals surface area contributed by atoms with Crippen molar-refractivity contribution in [2.45, 2.75) is 6.42 Å². The van der Waals surface area contributed by atoms with Crippen molar-refractivity contribution in [1.29, 1.82) is 0 Å². The lowest BCUT2D eigenvalue weighted by Crippen LogP contribution is -1.93. The van der Waals surface area contributed by atoms with Crippen LogP contribution in [0.1, 0.15) is 15.9 Å². The lowest BCUT2D eigenvalue weighted by atomic mass is 10.0. The van der Waals surface area contributed by atoms with Gasteiger partial charge in [0.25, 0.3) is 0 Å². The number of fused-ring (bicyclic) bond motifs is 2. The van der Waals surface area contributed by atoms with Gasteiger partial charge in [-0.05, 0) is 28.0 Å². The van der Waals surface area contributed by atoms with Crippen LogP contribution >= 0.6 is 0 Å². The largest absolute Gasteiger partial charge is 0.289 e. The van der Waals surface area contributed by atoms with Crippen LogP contribution in [-0.2, 0) is 6.42 Å². The first-order chi connectivity index (χ1) is 7.25. The number of hydrogen-bond acceptors (Lipinski definition) is 1. The normalized spacial score (nSPS) is 14.7. The Labute approximate surface area is 88.0 Å². The molecule has 15 heavy (non-hydrogen) atoms. The van der Waals surface area contributed by atoms with Crippen LogP contribution < -0.4 is 0 Å². The minimum Gasteiger partial charge on any atom is -0.289 e. The van der Waals surface area contributed by atoms with Crippen LogP contribution in [-0.4, -0.2) is 5.78 Å². The number of carbonyl (C=O) groups is 1. The van der Waals surface area contributed by atoms with Crippen LogP contribution in [0.15, 0.2) is 48.6 Å². The van der Waals surface area contributed by atoms with Crippen LogP contribution in [0.5, 0.6) is 0 Å². The first-order valence-electron chi connectivity index (χ1n) is 5.00. The smallest absolute Gasteiger partial charge is 0.189 e. The molecule has 0 saturated heterocycles. The summed E-state index contributed by atoms with van der Waals surface area (Å²) in [7, 11) is 0. The van der Waals surface area contributed by atoms with E-state index in [1.807, 2.05) is 24.3 Å². The molecule has 1 nitrogen and oxygen atoms in total. The fourth-order valence-corrected chi connectivity index (χ4v) is 2.15. The molecule has 2 aromatic carbocycles. The van der Waals surface area contributed by atoms with Crippen LogP contribution in [0, 0.1) is 0 Å². The molecule has 1 aliphatic rings. The highest BCUT2D eigenvalue weighted by Gasteiger charge is 2.23. The molecule has 2 aromatic rings. The van der Waals surface area contributed by atoms with Crippen molar-refractivity contribution < 1.29 is 4.79 Å². The van der Waals surface area contributed by atoms with E-state index in [9.17, 15) is 4.79 Å². The summed E-state index contributed by atoms with van der Waals surface area (Å²) in [5.41, 5.74) is 2.66. The average molecular weight is 194 g/mol. The second kappa shape index (κ2) is 2.80. The number of benzene rings is 2. The van der Waals surface area contributed by atoms with Gasteiger partial charge in [-0.25, -0.2) is 0 Å². The van der Waals surface area contributed by atoms with Gasteiger partial charge in [0.05, 0.1) is 0 Å². The second-order valence-corrected chi connectivity index (χ2v) is 3.97. The quantitative estimate of drug-likeness (QED) is 0.589. The van der Waals surface area contributed by atoms with Gasteiger partial charge in [0, 0.05) is 12.0 Å². The third kappa shape index (κ3) is 1.13. The molecule has 0 atom stereocenters. The highest BCUT2D eigenvalue weighted by molar-refractivity contribution is 6.14. The van der Waals surface area contributed by atoms with Crippen LogP contribution in [0.4, 0.5) is 0 Å². The van der Waals surface area contributed by atoms with E-state index in [1.54, 1.807) is 0 Å². The summed E-state index contributed by atoms with van der Waals surface area (Å²) in [6, 6.07) is 12.2. The molecule has 0 unspecified atom stereocenters. The Hall–Kier alpha value is -1.89. The minimum absolute atomic E-state index is 0.107. The molecule has 0 fully saturated rings. The van der Waals surface area contributed by atoms with Gasteiger partial charge in [-0.15, -0.1) is 0 Å². The molecule has 0 aliphatic heterocycles. The van der Waals surface area contributed by atoms with Gasteiger partial charge >= 0.3 is 0 Å². The van der Waals surface area contributed by atoms with Crippen LogP contribution in [0.2, 0.25) is 0 Å². The van der Waals surface area contributed by atoms with Gasteiger partial charge in [0.1, 0.15) is 0 Å². The van der Waals surface area contributed by atoms with Gasteiger partial charge in [-0.1, -0.05) is 36.9 Å². The highest BCUT2D eigenvalue weighted by atomic mass is 16.1. The fourth-order valence-electron chi connectivity index (χ4n) is 2.15. The van der Waals surface area contributed by atoms with Crippen molar-refractivity contribution in [2.75, 3.05) is 0 Å². The molecule has 1 heteroatoms. The molecule has 0 saturated carbocycles. The average Bonchev–Trinajstić information content (AvgIpc) is 2.52. The Bertz CT molecular complexity index is 593. The Morgan fingerprint density at radius 2 is 1.73 bits per heavy atom. The standard InChI is InChI=1S/C14H10O/c1-9-6-12-7-10-4-2-3-5-11(10)8-13(12)14(9)15/h2-5,7-8H,1,6H2. The lowest BCUT2D eigenvalue weighted by Gasteiger charge is -2.01. The number of allylic oxidation sites excluding steroid dienone is 1. The molecule has 0 spiro atoms. The Kier molecular flexibility index (Phi) is 1.57. The van der Waals surface area contributed by atoms with Crippen molar-refractivity contribution in [2.24, 2.45) is 0 Å². The highest BCUT2D eigenvalue weighted by Crippen LogP contribution is 2.29. The molecule has 72 valence electrons. The molecule has 0 aromatic heterocycles. The maximum absolute atomic E-state index is 11.7. The molecule has 0 amide bonds. The van der Waals surface area contributed by atoms with Crippen LogP contribution in [0.25, 0.3) is 10.8 Å². The zero-order chi connectivity index (χ0) is 10.4. The number of ketones is 1. The van der Waals surface area contributed by atoms with Gasteiger partial charge in [-0.2, -0.15) is 0 Å². The molecule has 1 aliphatic carbocycles. The molecule has 0 radical (unpaired) electrons. The van der Waals surface area contributed by atoms with Crippen molar-refractivity contribution in [1.82, 2.24) is 0 Å². The zero-order valence-corrected chi connectivity index (χ0v) is 8.29. The third-order valence-electron chi connectivity index (χ3n) is 2.94. The van der Waals surface area contributed by atoms with Crippen molar-refractivity contribution >= 4 is 16.6 Å².